The number of amides is 1. The van der Waals surface area contributed by atoms with Crippen molar-refractivity contribution in [1.29, 1.82) is 0 Å². The Morgan fingerprint density at radius 1 is 1.32 bits per heavy atom. The zero-order chi connectivity index (χ0) is 18.0. The minimum absolute atomic E-state index is 0.183. The van der Waals surface area contributed by atoms with Crippen LogP contribution in [0.5, 0.6) is 0 Å². The number of nitrogens with one attached hydrogen (secondary N) is 1. The number of carbonyl (C=O) groups is 2. The number of esters is 1. The van der Waals surface area contributed by atoms with Gasteiger partial charge < -0.3 is 15.8 Å². The predicted molar refractivity (Wildman–Crippen MR) is 96.2 cm³/mol. The normalized spacial score (nSPS) is 11.9. The minimum Gasteiger partial charge on any atom is -0.467 e. The number of anilines is 1. The number of fused-ring (bicyclic) bond motifs is 1. The quantitative estimate of drug-likeness (QED) is 0.638. The molecule has 25 heavy (non-hydrogen) atoms. The van der Waals surface area contributed by atoms with Gasteiger partial charge in [-0.3, -0.25) is 4.79 Å². The van der Waals surface area contributed by atoms with Crippen molar-refractivity contribution < 1.29 is 14.3 Å². The zero-order valence-electron chi connectivity index (χ0n) is 13.3. The van der Waals surface area contributed by atoms with E-state index in [9.17, 15) is 9.59 Å². The molecule has 0 saturated heterocycles. The smallest absolute Gasteiger partial charge is 0.332 e. The van der Waals surface area contributed by atoms with Gasteiger partial charge in [-0.15, -0.1) is 0 Å². The molecule has 0 saturated carbocycles. The first-order valence-corrected chi connectivity index (χ1v) is 8.16. The minimum atomic E-state index is -0.802. The van der Waals surface area contributed by atoms with E-state index in [2.05, 4.69) is 26.3 Å². The lowest BCUT2D eigenvalue weighted by molar-refractivity contribution is -0.141. The highest BCUT2D eigenvalue weighted by Gasteiger charge is 2.25. The summed E-state index contributed by atoms with van der Waals surface area (Å²) in [6, 6.07) is 10.1. The van der Waals surface area contributed by atoms with Gasteiger partial charge in [-0.05, 0) is 27.6 Å². The summed E-state index contributed by atoms with van der Waals surface area (Å²) in [6.45, 7) is 0. The van der Waals surface area contributed by atoms with E-state index in [-0.39, 0.29) is 5.56 Å². The number of halogens is 1. The van der Waals surface area contributed by atoms with Crippen LogP contribution in [0.4, 0.5) is 5.69 Å². The number of nitrogens with two attached hydrogens (primary N) is 1. The van der Waals surface area contributed by atoms with E-state index in [4.69, 9.17) is 10.5 Å². The fraction of sp³-hybridized carbons (Fsp3) is 0.118. The number of ether oxygens (including phenoxy) is 1. The lowest BCUT2D eigenvalue weighted by Gasteiger charge is -2.20. The van der Waals surface area contributed by atoms with Gasteiger partial charge in [0.15, 0.2) is 6.04 Å². The largest absolute Gasteiger partial charge is 0.467 e. The lowest BCUT2D eigenvalue weighted by Crippen LogP contribution is -2.25. The Morgan fingerprint density at radius 3 is 2.68 bits per heavy atom. The van der Waals surface area contributed by atoms with E-state index >= 15 is 0 Å². The Labute approximate surface area is 151 Å². The number of aromatic nitrogens is 2. The zero-order valence-corrected chi connectivity index (χ0v) is 14.9. The van der Waals surface area contributed by atoms with Crippen LogP contribution in [0.3, 0.4) is 0 Å². The molecule has 3 rings (SSSR count). The van der Waals surface area contributed by atoms with Gasteiger partial charge in [0.25, 0.3) is 5.91 Å². The Bertz CT molecular complexity index is 940. The number of hydrogen-bond donors (Lipinski definition) is 2. The highest BCUT2D eigenvalue weighted by atomic mass is 79.9. The van der Waals surface area contributed by atoms with Crippen LogP contribution in [0, 0.1) is 0 Å². The van der Waals surface area contributed by atoms with Gasteiger partial charge in [-0.2, -0.15) is 5.10 Å². The van der Waals surface area contributed by atoms with Gasteiger partial charge in [0.1, 0.15) is 0 Å². The van der Waals surface area contributed by atoms with Crippen molar-refractivity contribution in [3.63, 3.8) is 0 Å². The maximum atomic E-state index is 12.3. The summed E-state index contributed by atoms with van der Waals surface area (Å²) in [5.41, 5.74) is 7.38. The van der Waals surface area contributed by atoms with Crippen LogP contribution in [-0.2, 0) is 9.53 Å². The molecule has 1 atom stereocenters. The monoisotopic (exact) mass is 402 g/mol. The van der Waals surface area contributed by atoms with Gasteiger partial charge in [0, 0.05) is 10.7 Å². The second-order valence-electron chi connectivity index (χ2n) is 5.30. The molecule has 0 fully saturated rings. The van der Waals surface area contributed by atoms with Crippen LogP contribution < -0.4 is 11.1 Å². The predicted octanol–water partition coefficient (Wildman–Crippen LogP) is 2.52. The molecule has 0 spiro atoms. The molecule has 3 aromatic rings. The molecule has 2 aromatic heterocycles. The molecule has 7 nitrogen and oxygen atoms in total. The molecule has 128 valence electrons. The van der Waals surface area contributed by atoms with Gasteiger partial charge >= 0.3 is 5.97 Å². The standard InChI is InChI=1S/C17H15BrN4O3/c1-25-17(24)14(10-5-3-2-4-6-10)21-15-12(16(19)23)8-20-22-9-11(18)7-13(15)22/h2-9,14,21H,1H3,(H2,19,23). The number of methoxy groups -OCH3 is 1. The molecule has 1 aromatic carbocycles. The lowest BCUT2D eigenvalue weighted by atomic mass is 10.1. The summed E-state index contributed by atoms with van der Waals surface area (Å²) in [4.78, 5) is 24.1. The summed E-state index contributed by atoms with van der Waals surface area (Å²) < 4.78 is 7.27. The van der Waals surface area contributed by atoms with Gasteiger partial charge in [0.2, 0.25) is 0 Å². The van der Waals surface area contributed by atoms with E-state index in [0.717, 1.165) is 4.47 Å². The SMILES string of the molecule is COC(=O)C(Nc1c(C(N)=O)cnn2cc(Br)cc12)c1ccccc1. The average Bonchev–Trinajstić information content (AvgIpc) is 3.00. The van der Waals surface area contributed by atoms with Crippen molar-refractivity contribution in [3.8, 4) is 0 Å². The van der Waals surface area contributed by atoms with E-state index in [0.29, 0.717) is 16.8 Å². The van der Waals surface area contributed by atoms with Crippen LogP contribution in [0.15, 0.2) is 53.3 Å². The Balaban J connectivity index is 2.14. The maximum absolute atomic E-state index is 12.3. The Hall–Kier alpha value is -2.87. The number of hydrogen-bond acceptors (Lipinski definition) is 5. The van der Waals surface area contributed by atoms with Gasteiger partial charge in [0.05, 0.1) is 30.1 Å². The highest BCUT2D eigenvalue weighted by molar-refractivity contribution is 9.10. The summed E-state index contributed by atoms with van der Waals surface area (Å²) in [6.07, 6.45) is 3.10. The number of nitrogens with zero attached hydrogens (tertiary/aromatic N) is 2. The Morgan fingerprint density at radius 2 is 2.04 bits per heavy atom. The number of primary amides is 1. The molecule has 0 bridgehead atoms. The molecule has 2 heterocycles. The molecule has 8 heteroatoms. The molecule has 0 aliphatic heterocycles. The highest BCUT2D eigenvalue weighted by Crippen LogP contribution is 2.29. The first-order chi connectivity index (χ1) is 12.0. The van der Waals surface area contributed by atoms with E-state index in [1.54, 1.807) is 28.9 Å². The molecule has 1 amide bonds. The first-order valence-electron chi connectivity index (χ1n) is 7.37. The van der Waals surface area contributed by atoms with Gasteiger partial charge in [-0.25, -0.2) is 9.31 Å². The topological polar surface area (TPSA) is 98.7 Å². The second-order valence-corrected chi connectivity index (χ2v) is 6.21. The van der Waals surface area contributed by atoms with E-state index in [1.807, 2.05) is 18.2 Å². The second kappa shape index (κ2) is 6.94. The number of benzene rings is 1. The molecule has 0 aliphatic carbocycles. The fourth-order valence-corrected chi connectivity index (χ4v) is 2.96. The molecule has 0 radical (unpaired) electrons. The summed E-state index contributed by atoms with van der Waals surface area (Å²) in [7, 11) is 1.31. The van der Waals surface area contributed by atoms with Crippen LogP contribution in [0.1, 0.15) is 22.0 Å². The van der Waals surface area contributed by atoms with Gasteiger partial charge in [-0.1, -0.05) is 30.3 Å². The third-order valence-electron chi connectivity index (χ3n) is 3.73. The van der Waals surface area contributed by atoms with Crippen molar-refractivity contribution in [2.24, 2.45) is 5.73 Å². The first kappa shape index (κ1) is 17.0. The van der Waals surface area contributed by atoms with Crippen molar-refractivity contribution >= 4 is 39.0 Å². The Kier molecular flexibility index (Phi) is 4.71. The summed E-state index contributed by atoms with van der Waals surface area (Å²) in [5.74, 6) is -1.13. The summed E-state index contributed by atoms with van der Waals surface area (Å²) in [5, 5.41) is 7.25. The maximum Gasteiger partial charge on any atom is 0.332 e. The van der Waals surface area contributed by atoms with Crippen molar-refractivity contribution in [1.82, 2.24) is 9.61 Å². The van der Waals surface area contributed by atoms with Crippen LogP contribution in [-0.4, -0.2) is 28.6 Å². The fourth-order valence-electron chi connectivity index (χ4n) is 2.55. The molecular weight excluding hydrogens is 388 g/mol. The van der Waals surface area contributed by atoms with E-state index in [1.165, 1.54) is 13.3 Å². The van der Waals surface area contributed by atoms with Crippen LogP contribution >= 0.6 is 15.9 Å². The number of rotatable bonds is 5. The molecular formula is C17H15BrN4O3. The van der Waals surface area contributed by atoms with Crippen molar-refractivity contribution in [2.45, 2.75) is 6.04 Å². The third-order valence-corrected chi connectivity index (χ3v) is 4.16. The third kappa shape index (κ3) is 3.34. The van der Waals surface area contributed by atoms with Crippen LogP contribution in [0.2, 0.25) is 0 Å². The average molecular weight is 403 g/mol. The van der Waals surface area contributed by atoms with Crippen molar-refractivity contribution in [3.05, 3.63) is 64.4 Å². The number of carbonyl (C=O) groups excluding carboxylic acids is 2. The van der Waals surface area contributed by atoms with Crippen molar-refractivity contribution in [2.75, 3.05) is 12.4 Å². The summed E-state index contributed by atoms with van der Waals surface area (Å²) >= 11 is 3.38. The molecule has 1 unspecified atom stereocenters. The molecule has 3 N–H and O–H groups in total. The van der Waals surface area contributed by atoms with E-state index < -0.39 is 17.9 Å². The van der Waals surface area contributed by atoms with Crippen LogP contribution in [0.25, 0.3) is 5.52 Å². The molecule has 0 aliphatic rings.